The molecule has 0 bridgehead atoms. The Balaban J connectivity index is 2.63. The molecule has 0 amide bonds. The molecule has 0 aromatic carbocycles. The van der Waals surface area contributed by atoms with E-state index in [4.69, 9.17) is 0 Å². The van der Waals surface area contributed by atoms with Gasteiger partial charge in [0.15, 0.2) is 0 Å². The molecule has 0 spiro atoms. The molecule has 2 aromatic heterocycles. The Hall–Kier alpha value is -1.38. The molecule has 2 heterocycles. The minimum absolute atomic E-state index is 0.0407. The SMILES string of the molecule is CC(C)(C)n1cc2ccncc2n1. The van der Waals surface area contributed by atoms with E-state index in [1.54, 1.807) is 12.4 Å². The van der Waals surface area contributed by atoms with Gasteiger partial charge in [-0.05, 0) is 26.8 Å². The molecule has 0 unspecified atom stereocenters. The fourth-order valence-electron chi connectivity index (χ4n) is 1.21. The van der Waals surface area contributed by atoms with Crippen LogP contribution < -0.4 is 0 Å². The van der Waals surface area contributed by atoms with Gasteiger partial charge in [0.05, 0.1) is 11.7 Å². The van der Waals surface area contributed by atoms with Crippen LogP contribution >= 0.6 is 0 Å². The average molecular weight is 175 g/mol. The van der Waals surface area contributed by atoms with Crippen molar-refractivity contribution < 1.29 is 0 Å². The molecule has 0 radical (unpaired) electrons. The summed E-state index contributed by atoms with van der Waals surface area (Å²) in [5.74, 6) is 0. The van der Waals surface area contributed by atoms with Gasteiger partial charge in [0.25, 0.3) is 0 Å². The van der Waals surface area contributed by atoms with Gasteiger partial charge in [-0.1, -0.05) is 0 Å². The fraction of sp³-hybridized carbons (Fsp3) is 0.400. The molecule has 0 aliphatic rings. The summed E-state index contributed by atoms with van der Waals surface area (Å²) in [5.41, 5.74) is 0.997. The molecule has 0 fully saturated rings. The third-order valence-electron chi connectivity index (χ3n) is 2.00. The van der Waals surface area contributed by atoms with Crippen molar-refractivity contribution in [1.29, 1.82) is 0 Å². The van der Waals surface area contributed by atoms with E-state index in [9.17, 15) is 0 Å². The fourth-order valence-corrected chi connectivity index (χ4v) is 1.21. The van der Waals surface area contributed by atoms with E-state index in [0.717, 1.165) is 10.9 Å². The number of aromatic nitrogens is 3. The van der Waals surface area contributed by atoms with Crippen molar-refractivity contribution >= 4 is 10.9 Å². The molecular formula is C10H13N3. The van der Waals surface area contributed by atoms with E-state index in [1.807, 2.05) is 10.7 Å². The predicted molar refractivity (Wildman–Crippen MR) is 52.5 cm³/mol. The Labute approximate surface area is 77.4 Å². The first-order valence-electron chi connectivity index (χ1n) is 4.37. The largest absolute Gasteiger partial charge is 0.266 e. The molecule has 2 aromatic rings. The van der Waals surface area contributed by atoms with Gasteiger partial charge >= 0.3 is 0 Å². The Morgan fingerprint density at radius 2 is 2.08 bits per heavy atom. The maximum atomic E-state index is 4.44. The van der Waals surface area contributed by atoms with Crippen LogP contribution in [0.15, 0.2) is 24.7 Å². The van der Waals surface area contributed by atoms with Crippen molar-refractivity contribution in [3.8, 4) is 0 Å². The van der Waals surface area contributed by atoms with Crippen molar-refractivity contribution in [2.24, 2.45) is 0 Å². The number of hydrogen-bond acceptors (Lipinski definition) is 2. The molecular weight excluding hydrogens is 162 g/mol. The van der Waals surface area contributed by atoms with Gasteiger partial charge in [0.2, 0.25) is 0 Å². The molecule has 68 valence electrons. The highest BCUT2D eigenvalue weighted by Gasteiger charge is 2.14. The van der Waals surface area contributed by atoms with Crippen molar-refractivity contribution in [3.63, 3.8) is 0 Å². The molecule has 3 heteroatoms. The monoisotopic (exact) mass is 175 g/mol. The lowest BCUT2D eigenvalue weighted by atomic mass is 10.1. The van der Waals surface area contributed by atoms with Crippen LogP contribution in [0.3, 0.4) is 0 Å². The van der Waals surface area contributed by atoms with Gasteiger partial charge in [0.1, 0.15) is 5.52 Å². The quantitative estimate of drug-likeness (QED) is 0.614. The zero-order valence-electron chi connectivity index (χ0n) is 8.15. The summed E-state index contributed by atoms with van der Waals surface area (Å²) in [7, 11) is 0. The van der Waals surface area contributed by atoms with Gasteiger partial charge in [0, 0.05) is 17.8 Å². The summed E-state index contributed by atoms with van der Waals surface area (Å²) in [6.07, 6.45) is 5.63. The highest BCUT2D eigenvalue weighted by atomic mass is 15.3. The van der Waals surface area contributed by atoms with E-state index in [2.05, 4.69) is 37.1 Å². The molecule has 13 heavy (non-hydrogen) atoms. The first-order valence-corrected chi connectivity index (χ1v) is 4.37. The molecule has 0 N–H and O–H groups in total. The van der Waals surface area contributed by atoms with E-state index >= 15 is 0 Å². The summed E-state index contributed by atoms with van der Waals surface area (Å²) in [5, 5.41) is 5.58. The molecule has 3 nitrogen and oxygen atoms in total. The van der Waals surface area contributed by atoms with Crippen LogP contribution in [-0.2, 0) is 5.54 Å². The van der Waals surface area contributed by atoms with Crippen LogP contribution in [0.25, 0.3) is 10.9 Å². The van der Waals surface area contributed by atoms with Crippen LogP contribution in [0, 0.1) is 0 Å². The number of hydrogen-bond donors (Lipinski definition) is 0. The molecule has 0 saturated carbocycles. The summed E-state index contributed by atoms with van der Waals surface area (Å²) in [6, 6.07) is 1.98. The molecule has 0 aliphatic heterocycles. The van der Waals surface area contributed by atoms with Gasteiger partial charge < -0.3 is 0 Å². The highest BCUT2D eigenvalue weighted by Crippen LogP contribution is 2.17. The second-order valence-corrected chi connectivity index (χ2v) is 4.18. The smallest absolute Gasteiger partial charge is 0.111 e. The Morgan fingerprint density at radius 3 is 2.69 bits per heavy atom. The maximum absolute atomic E-state index is 4.44. The molecule has 0 saturated heterocycles. The highest BCUT2D eigenvalue weighted by molar-refractivity contribution is 5.76. The standard InChI is InChI=1S/C10H13N3/c1-10(2,3)13-7-8-4-5-11-6-9(8)12-13/h4-7H,1-3H3. The molecule has 0 aliphatic carbocycles. The molecule has 2 rings (SSSR count). The van der Waals surface area contributed by atoms with Gasteiger partial charge in [-0.3, -0.25) is 9.67 Å². The Morgan fingerprint density at radius 1 is 1.31 bits per heavy atom. The number of fused-ring (bicyclic) bond motifs is 1. The number of pyridine rings is 1. The average Bonchev–Trinajstić information content (AvgIpc) is 2.45. The zero-order chi connectivity index (χ0) is 9.47. The van der Waals surface area contributed by atoms with E-state index in [0.29, 0.717) is 0 Å². The summed E-state index contributed by atoms with van der Waals surface area (Å²) in [6.45, 7) is 6.39. The van der Waals surface area contributed by atoms with Gasteiger partial charge in [-0.15, -0.1) is 0 Å². The van der Waals surface area contributed by atoms with E-state index < -0.39 is 0 Å². The summed E-state index contributed by atoms with van der Waals surface area (Å²) >= 11 is 0. The third-order valence-corrected chi connectivity index (χ3v) is 2.00. The van der Waals surface area contributed by atoms with Crippen molar-refractivity contribution in [2.45, 2.75) is 26.3 Å². The van der Waals surface area contributed by atoms with E-state index in [1.165, 1.54) is 0 Å². The maximum Gasteiger partial charge on any atom is 0.111 e. The van der Waals surface area contributed by atoms with Crippen LogP contribution in [0.2, 0.25) is 0 Å². The minimum atomic E-state index is 0.0407. The van der Waals surface area contributed by atoms with Gasteiger partial charge in [-0.2, -0.15) is 5.10 Å². The second kappa shape index (κ2) is 2.55. The lowest BCUT2D eigenvalue weighted by Crippen LogP contribution is -2.21. The second-order valence-electron chi connectivity index (χ2n) is 4.18. The zero-order valence-corrected chi connectivity index (χ0v) is 8.15. The van der Waals surface area contributed by atoms with Gasteiger partial charge in [-0.25, -0.2) is 0 Å². The van der Waals surface area contributed by atoms with Crippen molar-refractivity contribution in [3.05, 3.63) is 24.7 Å². The topological polar surface area (TPSA) is 30.7 Å². The van der Waals surface area contributed by atoms with Crippen LogP contribution in [-0.4, -0.2) is 14.8 Å². The predicted octanol–water partition coefficient (Wildman–Crippen LogP) is 2.19. The Bertz CT molecular complexity index is 390. The Kier molecular flexibility index (Phi) is 1.62. The number of rotatable bonds is 0. The normalized spacial score (nSPS) is 12.2. The third kappa shape index (κ3) is 1.41. The number of nitrogens with zero attached hydrogens (tertiary/aromatic N) is 3. The minimum Gasteiger partial charge on any atom is -0.266 e. The van der Waals surface area contributed by atoms with Crippen molar-refractivity contribution in [2.75, 3.05) is 0 Å². The van der Waals surface area contributed by atoms with Crippen LogP contribution in [0.1, 0.15) is 20.8 Å². The van der Waals surface area contributed by atoms with Crippen LogP contribution in [0.5, 0.6) is 0 Å². The molecule has 0 atom stereocenters. The van der Waals surface area contributed by atoms with E-state index in [-0.39, 0.29) is 5.54 Å². The summed E-state index contributed by atoms with van der Waals surface area (Å²) in [4.78, 5) is 4.03. The lowest BCUT2D eigenvalue weighted by Gasteiger charge is -2.18. The lowest BCUT2D eigenvalue weighted by molar-refractivity contribution is 0.358. The summed E-state index contributed by atoms with van der Waals surface area (Å²) < 4.78 is 1.97. The first kappa shape index (κ1) is 8.23. The first-order chi connectivity index (χ1) is 6.07. The van der Waals surface area contributed by atoms with Crippen molar-refractivity contribution in [1.82, 2.24) is 14.8 Å². The van der Waals surface area contributed by atoms with Crippen LogP contribution in [0.4, 0.5) is 0 Å².